The van der Waals surface area contributed by atoms with E-state index in [1.807, 2.05) is 0 Å². The summed E-state index contributed by atoms with van der Waals surface area (Å²) in [6.45, 7) is 5.62. The van der Waals surface area contributed by atoms with Gasteiger partial charge in [0, 0.05) is 19.2 Å². The number of hydrogen-bond donors (Lipinski definition) is 1. The molecule has 1 atom stereocenters. The molecule has 2 aromatic rings. The Hall–Kier alpha value is -2.16. The summed E-state index contributed by atoms with van der Waals surface area (Å²) in [6.07, 6.45) is -0.957. The summed E-state index contributed by atoms with van der Waals surface area (Å²) < 4.78 is 45.3. The quantitative estimate of drug-likeness (QED) is 0.691. The van der Waals surface area contributed by atoms with Gasteiger partial charge in [-0.3, -0.25) is 4.79 Å². The SMILES string of the molecule is CCN(CC)S(=O)(=O)c1ccc(Cl)c(NC(=O)C(C)Oc2cccc(F)c2)c1. The van der Waals surface area contributed by atoms with Gasteiger partial charge < -0.3 is 10.1 Å². The van der Waals surface area contributed by atoms with Crippen LogP contribution < -0.4 is 10.1 Å². The van der Waals surface area contributed by atoms with E-state index in [1.165, 1.54) is 47.6 Å². The van der Waals surface area contributed by atoms with Crippen LogP contribution in [0, 0.1) is 5.82 Å². The van der Waals surface area contributed by atoms with Gasteiger partial charge in [-0.25, -0.2) is 12.8 Å². The number of nitrogens with one attached hydrogen (secondary N) is 1. The number of carbonyl (C=O) groups excluding carboxylic acids is 1. The first-order valence-corrected chi connectivity index (χ1v) is 10.5. The molecule has 0 fully saturated rings. The summed E-state index contributed by atoms with van der Waals surface area (Å²) in [6, 6.07) is 9.52. The Morgan fingerprint density at radius 1 is 1.21 bits per heavy atom. The van der Waals surface area contributed by atoms with Crippen molar-refractivity contribution in [2.75, 3.05) is 18.4 Å². The van der Waals surface area contributed by atoms with Crippen LogP contribution in [0.1, 0.15) is 20.8 Å². The Morgan fingerprint density at radius 3 is 2.50 bits per heavy atom. The van der Waals surface area contributed by atoms with Gasteiger partial charge in [-0.15, -0.1) is 0 Å². The molecular formula is C19H22ClFN2O4S. The van der Waals surface area contributed by atoms with Crippen molar-refractivity contribution in [1.82, 2.24) is 4.31 Å². The van der Waals surface area contributed by atoms with Gasteiger partial charge in [0.2, 0.25) is 10.0 Å². The zero-order chi connectivity index (χ0) is 20.9. The average Bonchev–Trinajstić information content (AvgIpc) is 2.64. The number of carbonyl (C=O) groups is 1. The molecule has 6 nitrogen and oxygen atoms in total. The molecule has 2 rings (SSSR count). The number of benzene rings is 2. The van der Waals surface area contributed by atoms with E-state index < -0.39 is 27.9 Å². The van der Waals surface area contributed by atoms with Crippen LogP contribution in [0.3, 0.4) is 0 Å². The maximum Gasteiger partial charge on any atom is 0.265 e. The number of hydrogen-bond acceptors (Lipinski definition) is 4. The van der Waals surface area contributed by atoms with Gasteiger partial charge in [-0.2, -0.15) is 4.31 Å². The lowest BCUT2D eigenvalue weighted by atomic mass is 10.3. The molecule has 0 spiro atoms. The van der Waals surface area contributed by atoms with Crippen molar-refractivity contribution in [1.29, 1.82) is 0 Å². The highest BCUT2D eigenvalue weighted by Gasteiger charge is 2.23. The summed E-state index contributed by atoms with van der Waals surface area (Å²) in [4.78, 5) is 12.4. The van der Waals surface area contributed by atoms with Crippen LogP contribution in [0.2, 0.25) is 5.02 Å². The summed E-state index contributed by atoms with van der Waals surface area (Å²) in [7, 11) is -3.70. The molecule has 0 aliphatic rings. The van der Waals surface area contributed by atoms with Crippen molar-refractivity contribution in [3.8, 4) is 5.75 Å². The van der Waals surface area contributed by atoms with Crippen LogP contribution in [-0.2, 0) is 14.8 Å². The lowest BCUT2D eigenvalue weighted by Gasteiger charge is -2.20. The smallest absolute Gasteiger partial charge is 0.265 e. The van der Waals surface area contributed by atoms with Gasteiger partial charge in [0.1, 0.15) is 11.6 Å². The van der Waals surface area contributed by atoms with Gasteiger partial charge in [-0.1, -0.05) is 31.5 Å². The molecule has 1 amide bonds. The van der Waals surface area contributed by atoms with Gasteiger partial charge in [-0.05, 0) is 37.3 Å². The predicted octanol–water partition coefficient (Wildman–Crippen LogP) is 3.92. The van der Waals surface area contributed by atoms with Crippen LogP contribution in [0.25, 0.3) is 0 Å². The number of halogens is 2. The molecule has 152 valence electrons. The van der Waals surface area contributed by atoms with Crippen molar-refractivity contribution in [2.24, 2.45) is 0 Å². The third-order valence-corrected chi connectivity index (χ3v) is 6.39. The Balaban J connectivity index is 2.20. The monoisotopic (exact) mass is 428 g/mol. The Morgan fingerprint density at radius 2 is 1.89 bits per heavy atom. The van der Waals surface area contributed by atoms with Crippen molar-refractivity contribution < 1.29 is 22.3 Å². The summed E-state index contributed by atoms with van der Waals surface area (Å²) >= 11 is 6.11. The fraction of sp³-hybridized carbons (Fsp3) is 0.316. The minimum Gasteiger partial charge on any atom is -0.481 e. The highest BCUT2D eigenvalue weighted by molar-refractivity contribution is 7.89. The van der Waals surface area contributed by atoms with Gasteiger partial charge in [0.25, 0.3) is 5.91 Å². The number of anilines is 1. The molecule has 2 aromatic carbocycles. The van der Waals surface area contributed by atoms with Crippen LogP contribution >= 0.6 is 11.6 Å². The van der Waals surface area contributed by atoms with Gasteiger partial charge in [0.15, 0.2) is 6.10 Å². The summed E-state index contributed by atoms with van der Waals surface area (Å²) in [5.41, 5.74) is 0.148. The molecular weight excluding hydrogens is 407 g/mol. The molecule has 0 aromatic heterocycles. The van der Waals surface area contributed by atoms with Crippen molar-refractivity contribution in [2.45, 2.75) is 31.8 Å². The minimum atomic E-state index is -3.70. The molecule has 0 aliphatic carbocycles. The zero-order valence-electron chi connectivity index (χ0n) is 15.8. The van der Waals surface area contributed by atoms with Crippen LogP contribution in [-0.4, -0.2) is 37.8 Å². The molecule has 0 radical (unpaired) electrons. The van der Waals surface area contributed by atoms with Gasteiger partial charge >= 0.3 is 0 Å². The van der Waals surface area contributed by atoms with Crippen molar-refractivity contribution in [3.63, 3.8) is 0 Å². The third kappa shape index (κ3) is 5.21. The normalized spacial score (nSPS) is 12.6. The van der Waals surface area contributed by atoms with E-state index in [2.05, 4.69) is 5.32 Å². The van der Waals surface area contributed by atoms with E-state index in [0.717, 1.165) is 6.07 Å². The first kappa shape index (κ1) is 22.1. The molecule has 0 saturated heterocycles. The van der Waals surface area contributed by atoms with E-state index in [-0.39, 0.29) is 21.4 Å². The van der Waals surface area contributed by atoms with E-state index in [1.54, 1.807) is 13.8 Å². The van der Waals surface area contributed by atoms with Crippen molar-refractivity contribution in [3.05, 3.63) is 53.3 Å². The maximum absolute atomic E-state index is 13.2. The molecule has 28 heavy (non-hydrogen) atoms. The molecule has 0 bridgehead atoms. The summed E-state index contributed by atoms with van der Waals surface area (Å²) in [5.74, 6) is -0.836. The third-order valence-electron chi connectivity index (χ3n) is 4.02. The molecule has 0 aliphatic heterocycles. The lowest BCUT2D eigenvalue weighted by Crippen LogP contribution is -2.31. The minimum absolute atomic E-state index is 0.0228. The molecule has 0 saturated carbocycles. The first-order chi connectivity index (χ1) is 13.2. The Labute approximate surface area is 169 Å². The highest BCUT2D eigenvalue weighted by Crippen LogP contribution is 2.27. The predicted molar refractivity (Wildman–Crippen MR) is 107 cm³/mol. The molecule has 1 N–H and O–H groups in total. The number of sulfonamides is 1. The maximum atomic E-state index is 13.2. The largest absolute Gasteiger partial charge is 0.481 e. The fourth-order valence-electron chi connectivity index (χ4n) is 2.51. The number of rotatable bonds is 8. The average molecular weight is 429 g/mol. The fourth-order valence-corrected chi connectivity index (χ4v) is 4.16. The second-order valence-corrected chi connectivity index (χ2v) is 8.28. The molecule has 1 unspecified atom stereocenters. The Kier molecular flexibility index (Phi) is 7.40. The number of amides is 1. The number of nitrogens with zero attached hydrogens (tertiary/aromatic N) is 1. The lowest BCUT2D eigenvalue weighted by molar-refractivity contribution is -0.122. The molecule has 0 heterocycles. The number of ether oxygens (including phenoxy) is 1. The topological polar surface area (TPSA) is 75.7 Å². The zero-order valence-corrected chi connectivity index (χ0v) is 17.3. The standard InChI is InChI=1S/C19H22ClFN2O4S/c1-4-23(5-2)28(25,26)16-9-10-17(20)18(12-16)22-19(24)13(3)27-15-8-6-7-14(21)11-15/h6-13H,4-5H2,1-3H3,(H,22,24). The van der Waals surface area contributed by atoms with Crippen molar-refractivity contribution >= 4 is 33.2 Å². The highest BCUT2D eigenvalue weighted by atomic mass is 35.5. The Bertz CT molecular complexity index is 949. The van der Waals surface area contributed by atoms with E-state index in [0.29, 0.717) is 13.1 Å². The van der Waals surface area contributed by atoms with Crippen LogP contribution in [0.4, 0.5) is 10.1 Å². The second kappa shape index (κ2) is 9.36. The molecule has 9 heteroatoms. The summed E-state index contributed by atoms with van der Waals surface area (Å²) in [5, 5.41) is 2.74. The van der Waals surface area contributed by atoms with E-state index >= 15 is 0 Å². The van der Waals surface area contributed by atoms with E-state index in [4.69, 9.17) is 16.3 Å². The van der Waals surface area contributed by atoms with Crippen LogP contribution in [0.5, 0.6) is 5.75 Å². The second-order valence-electron chi connectivity index (χ2n) is 5.94. The van der Waals surface area contributed by atoms with Crippen LogP contribution in [0.15, 0.2) is 47.4 Å². The van der Waals surface area contributed by atoms with Gasteiger partial charge in [0.05, 0.1) is 15.6 Å². The van der Waals surface area contributed by atoms with E-state index in [9.17, 15) is 17.6 Å². The first-order valence-electron chi connectivity index (χ1n) is 8.71.